The maximum absolute atomic E-state index is 6.21. The van der Waals surface area contributed by atoms with E-state index in [1.807, 2.05) is 18.2 Å². The molecular formula is C15H21Cl2N. The van der Waals surface area contributed by atoms with E-state index in [1.165, 1.54) is 5.57 Å². The third-order valence-corrected chi connectivity index (χ3v) is 3.65. The van der Waals surface area contributed by atoms with Crippen molar-refractivity contribution in [1.29, 1.82) is 0 Å². The van der Waals surface area contributed by atoms with E-state index in [-0.39, 0.29) is 0 Å². The Balaban J connectivity index is 2.90. The predicted molar refractivity (Wildman–Crippen MR) is 82.4 cm³/mol. The molecule has 0 saturated heterocycles. The predicted octanol–water partition coefficient (Wildman–Crippen LogP) is 5.03. The van der Waals surface area contributed by atoms with Crippen LogP contribution in [0.15, 0.2) is 23.8 Å². The molecule has 0 saturated carbocycles. The molecule has 0 radical (unpaired) electrons. The highest BCUT2D eigenvalue weighted by Crippen LogP contribution is 2.28. The minimum Gasteiger partial charge on any atom is -0.313 e. The van der Waals surface area contributed by atoms with Crippen molar-refractivity contribution < 1.29 is 0 Å². The highest BCUT2D eigenvalue weighted by Gasteiger charge is 2.06. The fourth-order valence-corrected chi connectivity index (χ4v) is 2.03. The Morgan fingerprint density at radius 3 is 2.67 bits per heavy atom. The van der Waals surface area contributed by atoms with Crippen molar-refractivity contribution >= 4 is 29.3 Å². The number of benzene rings is 1. The first-order valence-corrected chi connectivity index (χ1v) is 7.17. The third kappa shape index (κ3) is 4.64. The molecule has 1 nitrogen and oxygen atoms in total. The van der Waals surface area contributed by atoms with E-state index in [2.05, 4.69) is 32.2 Å². The Kier molecular flexibility index (Phi) is 6.77. The zero-order valence-corrected chi connectivity index (χ0v) is 12.8. The van der Waals surface area contributed by atoms with Crippen LogP contribution in [0.25, 0.3) is 6.08 Å². The lowest BCUT2D eigenvalue weighted by Crippen LogP contribution is -2.19. The minimum absolute atomic E-state index is 0.490. The summed E-state index contributed by atoms with van der Waals surface area (Å²) in [4.78, 5) is 0. The lowest BCUT2D eigenvalue weighted by Gasteiger charge is -2.13. The van der Waals surface area contributed by atoms with E-state index in [4.69, 9.17) is 23.2 Å². The first kappa shape index (κ1) is 15.6. The fourth-order valence-electron chi connectivity index (χ4n) is 1.66. The van der Waals surface area contributed by atoms with Crippen LogP contribution in [0.3, 0.4) is 0 Å². The molecule has 3 heteroatoms. The molecule has 0 bridgehead atoms. The second kappa shape index (κ2) is 7.83. The molecule has 0 heterocycles. The van der Waals surface area contributed by atoms with Gasteiger partial charge in [-0.05, 0) is 30.5 Å². The molecule has 0 spiro atoms. The van der Waals surface area contributed by atoms with Gasteiger partial charge in [-0.1, -0.05) is 67.8 Å². The van der Waals surface area contributed by atoms with E-state index in [0.717, 1.165) is 25.1 Å². The molecule has 1 N–H and O–H groups in total. The molecule has 0 aliphatic heterocycles. The van der Waals surface area contributed by atoms with Crippen LogP contribution in [0.2, 0.25) is 10.0 Å². The molecule has 18 heavy (non-hydrogen) atoms. The maximum Gasteiger partial charge on any atom is 0.0664 e. The Hall–Kier alpha value is -0.500. The Bertz CT molecular complexity index is 411. The number of nitrogens with one attached hydrogen (secondary N) is 1. The molecule has 1 rings (SSSR count). The summed E-state index contributed by atoms with van der Waals surface area (Å²) >= 11 is 12.2. The summed E-state index contributed by atoms with van der Waals surface area (Å²) in [6.07, 6.45) is 3.28. The smallest absolute Gasteiger partial charge is 0.0664 e. The van der Waals surface area contributed by atoms with Gasteiger partial charge in [-0.2, -0.15) is 0 Å². The molecule has 0 fully saturated rings. The molecule has 0 atom stereocenters. The molecule has 0 aliphatic rings. The van der Waals surface area contributed by atoms with Crippen LogP contribution in [0.1, 0.15) is 32.8 Å². The highest BCUT2D eigenvalue weighted by atomic mass is 35.5. The lowest BCUT2D eigenvalue weighted by atomic mass is 10.00. The zero-order valence-electron chi connectivity index (χ0n) is 11.3. The van der Waals surface area contributed by atoms with Crippen molar-refractivity contribution in [3.05, 3.63) is 39.4 Å². The van der Waals surface area contributed by atoms with E-state index in [0.29, 0.717) is 16.0 Å². The van der Waals surface area contributed by atoms with Crippen LogP contribution in [0.4, 0.5) is 0 Å². The minimum atomic E-state index is 0.490. The average molecular weight is 286 g/mol. The van der Waals surface area contributed by atoms with E-state index in [1.54, 1.807) is 0 Å². The van der Waals surface area contributed by atoms with Gasteiger partial charge in [0.2, 0.25) is 0 Å². The molecule has 0 aliphatic carbocycles. The van der Waals surface area contributed by atoms with Gasteiger partial charge in [0.1, 0.15) is 0 Å². The van der Waals surface area contributed by atoms with Crippen LogP contribution < -0.4 is 5.32 Å². The second-order valence-electron chi connectivity index (χ2n) is 4.69. The molecule has 0 unspecified atom stereocenters. The largest absolute Gasteiger partial charge is 0.313 e. The van der Waals surface area contributed by atoms with E-state index in [9.17, 15) is 0 Å². The van der Waals surface area contributed by atoms with Crippen molar-refractivity contribution in [2.45, 2.75) is 27.2 Å². The van der Waals surface area contributed by atoms with Crippen LogP contribution >= 0.6 is 23.2 Å². The zero-order chi connectivity index (χ0) is 13.5. The monoisotopic (exact) mass is 285 g/mol. The van der Waals surface area contributed by atoms with Crippen LogP contribution in [-0.2, 0) is 0 Å². The first-order chi connectivity index (χ1) is 8.56. The SMILES string of the molecule is CCCNCC(=Cc1cccc(Cl)c1Cl)C(C)C. The van der Waals surface area contributed by atoms with Crippen LogP contribution in [0, 0.1) is 5.92 Å². The Morgan fingerprint density at radius 2 is 2.06 bits per heavy atom. The van der Waals surface area contributed by atoms with Gasteiger partial charge in [0.15, 0.2) is 0 Å². The number of halogens is 2. The molecular weight excluding hydrogens is 265 g/mol. The number of hydrogen-bond donors (Lipinski definition) is 1. The first-order valence-electron chi connectivity index (χ1n) is 6.41. The summed E-state index contributed by atoms with van der Waals surface area (Å²) < 4.78 is 0. The van der Waals surface area contributed by atoms with Gasteiger partial charge in [-0.25, -0.2) is 0 Å². The van der Waals surface area contributed by atoms with Gasteiger partial charge in [-0.15, -0.1) is 0 Å². The van der Waals surface area contributed by atoms with E-state index >= 15 is 0 Å². The Morgan fingerprint density at radius 1 is 1.33 bits per heavy atom. The summed E-state index contributed by atoms with van der Waals surface area (Å²) in [7, 11) is 0. The fraction of sp³-hybridized carbons (Fsp3) is 0.467. The second-order valence-corrected chi connectivity index (χ2v) is 5.48. The molecule has 0 aromatic heterocycles. The van der Waals surface area contributed by atoms with Gasteiger partial charge in [0, 0.05) is 6.54 Å². The maximum atomic E-state index is 6.21. The molecule has 1 aromatic carbocycles. The molecule has 100 valence electrons. The lowest BCUT2D eigenvalue weighted by molar-refractivity contribution is 0.657. The topological polar surface area (TPSA) is 12.0 Å². The van der Waals surface area contributed by atoms with Crippen molar-refractivity contribution in [2.24, 2.45) is 5.92 Å². The summed E-state index contributed by atoms with van der Waals surface area (Å²) in [5.41, 5.74) is 2.33. The van der Waals surface area contributed by atoms with Crippen LogP contribution in [-0.4, -0.2) is 13.1 Å². The number of hydrogen-bond acceptors (Lipinski definition) is 1. The van der Waals surface area contributed by atoms with Gasteiger partial charge in [0.25, 0.3) is 0 Å². The normalized spacial score (nSPS) is 12.2. The highest BCUT2D eigenvalue weighted by molar-refractivity contribution is 6.42. The molecule has 1 aromatic rings. The summed E-state index contributed by atoms with van der Waals surface area (Å²) in [5.74, 6) is 0.490. The van der Waals surface area contributed by atoms with Gasteiger partial charge < -0.3 is 5.32 Å². The summed E-state index contributed by atoms with van der Waals surface area (Å²) in [5, 5.41) is 4.67. The standard InChI is InChI=1S/C15H21Cl2N/c1-4-8-18-10-13(11(2)3)9-12-6-5-7-14(16)15(12)17/h5-7,9,11,18H,4,8,10H2,1-3H3. The quantitative estimate of drug-likeness (QED) is 0.723. The van der Waals surface area contributed by atoms with E-state index < -0.39 is 0 Å². The van der Waals surface area contributed by atoms with Crippen molar-refractivity contribution in [1.82, 2.24) is 5.32 Å². The summed E-state index contributed by atoms with van der Waals surface area (Å²) in [6, 6.07) is 5.74. The summed E-state index contributed by atoms with van der Waals surface area (Å²) in [6.45, 7) is 8.48. The van der Waals surface area contributed by atoms with Crippen molar-refractivity contribution in [3.8, 4) is 0 Å². The number of rotatable bonds is 6. The average Bonchev–Trinajstić information content (AvgIpc) is 2.33. The van der Waals surface area contributed by atoms with Gasteiger partial charge >= 0.3 is 0 Å². The van der Waals surface area contributed by atoms with Gasteiger partial charge in [-0.3, -0.25) is 0 Å². The van der Waals surface area contributed by atoms with Crippen molar-refractivity contribution in [3.63, 3.8) is 0 Å². The third-order valence-electron chi connectivity index (χ3n) is 2.82. The van der Waals surface area contributed by atoms with Gasteiger partial charge in [0.05, 0.1) is 10.0 Å². The van der Waals surface area contributed by atoms with Crippen molar-refractivity contribution in [2.75, 3.05) is 13.1 Å². The molecule has 0 amide bonds. The van der Waals surface area contributed by atoms with Crippen LogP contribution in [0.5, 0.6) is 0 Å². The Labute approximate surface area is 120 Å².